The Kier molecular flexibility index (Phi) is 16.1. The number of carbonyl (C=O) groups excluding carboxylic acids is 1. The summed E-state index contributed by atoms with van der Waals surface area (Å²) in [4.78, 5) is 13.5. The molecule has 5 heteroatoms. The summed E-state index contributed by atoms with van der Waals surface area (Å²) in [7, 11) is 0. The van der Waals surface area contributed by atoms with Crippen molar-refractivity contribution >= 4 is 5.78 Å². The Morgan fingerprint density at radius 2 is 0.597 bits per heavy atom. The average molecular weight is 943 g/mol. The number of phenolic OH excluding ortho intramolecular Hbond substituents is 2. The molecule has 5 nitrogen and oxygen atoms in total. The number of aliphatic hydroxyl groups excluding tert-OH is 2. The summed E-state index contributed by atoms with van der Waals surface area (Å²) in [5.74, 6) is 0.0939. The Morgan fingerprint density at radius 1 is 0.333 bits per heavy atom. The van der Waals surface area contributed by atoms with E-state index in [1.54, 1.807) is 36.4 Å². The highest BCUT2D eigenvalue weighted by atomic mass is 16.3. The van der Waals surface area contributed by atoms with Crippen molar-refractivity contribution in [3.63, 3.8) is 0 Å². The molecule has 0 saturated carbocycles. The van der Waals surface area contributed by atoms with Crippen LogP contribution in [0.25, 0.3) is 11.1 Å². The summed E-state index contributed by atoms with van der Waals surface area (Å²) < 4.78 is 0. The predicted octanol–water partition coefficient (Wildman–Crippen LogP) is 14.4. The van der Waals surface area contributed by atoms with Crippen molar-refractivity contribution in [2.24, 2.45) is 0 Å². The molecule has 10 rings (SSSR count). The van der Waals surface area contributed by atoms with Gasteiger partial charge in [-0.3, -0.25) is 4.79 Å². The van der Waals surface area contributed by atoms with E-state index in [-0.39, 0.29) is 17.3 Å². The first-order chi connectivity index (χ1) is 35.2. The Bertz CT molecular complexity index is 2960. The highest BCUT2D eigenvalue weighted by Gasteiger charge is 2.47. The van der Waals surface area contributed by atoms with E-state index in [0.29, 0.717) is 16.7 Å². The van der Waals surface area contributed by atoms with Gasteiger partial charge in [-0.2, -0.15) is 0 Å². The van der Waals surface area contributed by atoms with Crippen LogP contribution in [-0.2, 0) is 10.8 Å². The van der Waals surface area contributed by atoms with Crippen molar-refractivity contribution in [1.82, 2.24) is 0 Å². The number of aromatic hydroxyl groups is 2. The summed E-state index contributed by atoms with van der Waals surface area (Å²) in [5.41, 5.74) is 8.78. The van der Waals surface area contributed by atoms with Gasteiger partial charge < -0.3 is 20.4 Å². The molecule has 10 aromatic carbocycles. The van der Waals surface area contributed by atoms with E-state index in [1.165, 1.54) is 0 Å². The minimum absolute atomic E-state index is 0.199. The maximum absolute atomic E-state index is 13.5. The van der Waals surface area contributed by atoms with Gasteiger partial charge in [0.15, 0.2) is 5.78 Å². The van der Waals surface area contributed by atoms with Gasteiger partial charge in [-0.05, 0) is 76.1 Å². The molecule has 0 fully saturated rings. The molecule has 10 aromatic rings. The molecule has 0 bridgehead atoms. The fraction of sp³-hybridized carbons (Fsp3) is 0.0896. The molecule has 0 amide bonds. The maximum Gasteiger partial charge on any atom is 0.192 e. The van der Waals surface area contributed by atoms with E-state index >= 15 is 0 Å². The van der Waals surface area contributed by atoms with Crippen molar-refractivity contribution in [3.8, 4) is 22.6 Å². The van der Waals surface area contributed by atoms with E-state index in [1.807, 2.05) is 220 Å². The molecule has 2 atom stereocenters. The highest BCUT2D eigenvalue weighted by Crippen LogP contribution is 2.49. The molecule has 0 saturated heterocycles. The zero-order chi connectivity index (χ0) is 50.3. The van der Waals surface area contributed by atoms with Crippen LogP contribution in [0.15, 0.2) is 279 Å². The first-order valence-corrected chi connectivity index (χ1v) is 24.1. The molecule has 356 valence electrons. The van der Waals surface area contributed by atoms with Crippen LogP contribution in [0.3, 0.4) is 0 Å². The molecule has 72 heavy (non-hydrogen) atoms. The van der Waals surface area contributed by atoms with Gasteiger partial charge in [-0.15, -0.1) is 0 Å². The maximum atomic E-state index is 13.5. The summed E-state index contributed by atoms with van der Waals surface area (Å²) in [6.45, 7) is 3.84. The molecule has 0 aliphatic heterocycles. The van der Waals surface area contributed by atoms with Crippen molar-refractivity contribution in [1.29, 1.82) is 0 Å². The number of Topliss-reactive ketones (excluding diaryl/α,β-unsaturated/α-hetero) is 1. The second-order valence-electron chi connectivity index (χ2n) is 17.7. The normalized spacial score (nSPS) is 11.9. The van der Waals surface area contributed by atoms with Crippen LogP contribution >= 0.6 is 0 Å². The summed E-state index contributed by atoms with van der Waals surface area (Å²) in [6.07, 6.45) is -2.03. The standard InChI is InChI=1S/C27H22O2.C26H22O.C14H14O2/c28-25(21-13-5-1-6-14-21)26(29)27(22-15-7-2-8-16-22,23-17-9-3-10-18-23)24-19-11-4-12-20-24;27-25(21-13-5-1-6-14-21)26(22-15-7-2-8-16-22,23-17-9-3-10-18-23)24-19-11-4-12-20-24;1-9-5-3-7-11(15)13(9)14-10(2)6-4-8-12(14)16/h1-20,26,29H;1-20,25,27H;3-8,15-16H,1-2H3. The van der Waals surface area contributed by atoms with Gasteiger partial charge in [0.1, 0.15) is 17.6 Å². The quantitative estimate of drug-likeness (QED) is 0.0723. The lowest BCUT2D eigenvalue weighted by Crippen LogP contribution is -2.46. The zero-order valence-electron chi connectivity index (χ0n) is 40.4. The summed E-state index contributed by atoms with van der Waals surface area (Å²) in [5, 5.41) is 43.2. The smallest absolute Gasteiger partial charge is 0.192 e. The zero-order valence-corrected chi connectivity index (χ0v) is 40.4. The van der Waals surface area contributed by atoms with Crippen LogP contribution < -0.4 is 0 Å². The lowest BCUT2D eigenvalue weighted by molar-refractivity contribution is 0.0637. The number of hydrogen-bond acceptors (Lipinski definition) is 5. The highest BCUT2D eigenvalue weighted by molar-refractivity contribution is 6.01. The Morgan fingerprint density at radius 3 is 0.889 bits per heavy atom. The van der Waals surface area contributed by atoms with Gasteiger partial charge in [0.2, 0.25) is 0 Å². The average Bonchev–Trinajstić information content (AvgIpc) is 3.44. The third kappa shape index (κ3) is 10.3. The fourth-order valence-electron chi connectivity index (χ4n) is 9.95. The predicted molar refractivity (Wildman–Crippen MR) is 291 cm³/mol. The van der Waals surface area contributed by atoms with E-state index in [2.05, 4.69) is 36.4 Å². The van der Waals surface area contributed by atoms with Crippen LogP contribution in [0.1, 0.15) is 66.5 Å². The van der Waals surface area contributed by atoms with Crippen LogP contribution in [0, 0.1) is 13.8 Å². The molecule has 0 spiro atoms. The largest absolute Gasteiger partial charge is 0.507 e. The number of phenols is 2. The molecular weight excluding hydrogens is 885 g/mol. The molecule has 0 heterocycles. The van der Waals surface area contributed by atoms with Gasteiger partial charge >= 0.3 is 0 Å². The Balaban J connectivity index is 0.000000150. The van der Waals surface area contributed by atoms with Gasteiger partial charge in [-0.1, -0.05) is 267 Å². The Hall–Kier alpha value is -8.61. The summed E-state index contributed by atoms with van der Waals surface area (Å²) in [6, 6.07) is 89.8. The van der Waals surface area contributed by atoms with E-state index in [9.17, 15) is 25.2 Å². The topological polar surface area (TPSA) is 98.0 Å². The molecule has 0 aliphatic rings. The monoisotopic (exact) mass is 942 g/mol. The minimum atomic E-state index is -1.29. The van der Waals surface area contributed by atoms with Crippen LogP contribution in [0.4, 0.5) is 0 Å². The molecule has 4 N–H and O–H groups in total. The molecule has 2 unspecified atom stereocenters. The fourth-order valence-corrected chi connectivity index (χ4v) is 9.95. The SMILES string of the molecule is Cc1cccc(O)c1-c1c(C)cccc1O.O=C(c1ccccc1)C(O)C(c1ccccc1)(c1ccccc1)c1ccccc1.OC(c1ccccc1)C(c1ccccc1)(c1ccccc1)c1ccccc1. The van der Waals surface area contributed by atoms with Crippen molar-refractivity contribution in [2.45, 2.75) is 36.9 Å². The lowest BCUT2D eigenvalue weighted by atomic mass is 9.64. The minimum Gasteiger partial charge on any atom is -0.507 e. The Labute approximate surface area is 423 Å². The number of rotatable bonds is 12. The van der Waals surface area contributed by atoms with E-state index in [4.69, 9.17) is 0 Å². The molecular formula is C67H58O5. The second kappa shape index (κ2) is 23.3. The van der Waals surface area contributed by atoms with Gasteiger partial charge in [0, 0.05) is 16.7 Å². The number of ketones is 1. The van der Waals surface area contributed by atoms with E-state index in [0.717, 1.165) is 50.1 Å². The first kappa shape index (κ1) is 49.8. The van der Waals surface area contributed by atoms with Gasteiger partial charge in [-0.25, -0.2) is 0 Å². The van der Waals surface area contributed by atoms with Crippen LogP contribution in [0.2, 0.25) is 0 Å². The van der Waals surface area contributed by atoms with Crippen LogP contribution in [-0.4, -0.2) is 32.3 Å². The van der Waals surface area contributed by atoms with Gasteiger partial charge in [0.25, 0.3) is 0 Å². The number of benzene rings is 10. The molecule has 0 aromatic heterocycles. The lowest BCUT2D eigenvalue weighted by Gasteiger charge is -2.40. The van der Waals surface area contributed by atoms with Crippen molar-refractivity contribution in [3.05, 3.63) is 335 Å². The van der Waals surface area contributed by atoms with Gasteiger partial charge in [0.05, 0.1) is 16.9 Å². The summed E-state index contributed by atoms with van der Waals surface area (Å²) >= 11 is 0. The molecule has 0 radical (unpaired) electrons. The number of hydrogen-bond donors (Lipinski definition) is 4. The molecule has 0 aliphatic carbocycles. The second-order valence-corrected chi connectivity index (χ2v) is 17.7. The number of aliphatic hydroxyl groups is 2. The van der Waals surface area contributed by atoms with Crippen molar-refractivity contribution in [2.75, 3.05) is 0 Å². The first-order valence-electron chi connectivity index (χ1n) is 24.1. The van der Waals surface area contributed by atoms with Crippen molar-refractivity contribution < 1.29 is 25.2 Å². The van der Waals surface area contributed by atoms with Crippen LogP contribution in [0.5, 0.6) is 11.5 Å². The van der Waals surface area contributed by atoms with E-state index < -0.39 is 23.0 Å². The third-order valence-corrected chi connectivity index (χ3v) is 13.4. The number of carbonyl (C=O) groups is 1. The third-order valence-electron chi connectivity index (χ3n) is 13.4. The number of aryl methyl sites for hydroxylation is 2.